The first-order valence-electron chi connectivity index (χ1n) is 13.3. The van der Waals surface area contributed by atoms with Gasteiger partial charge in [0, 0.05) is 28.1 Å². The molecule has 7 nitrogen and oxygen atoms in total. The van der Waals surface area contributed by atoms with Crippen molar-refractivity contribution in [2.24, 2.45) is 0 Å². The number of likely N-dealkylation sites (tertiary alicyclic amines) is 1. The molecule has 1 aliphatic carbocycles. The molecular formula is C29H30FN3O4. The van der Waals surface area contributed by atoms with Gasteiger partial charge in [0.1, 0.15) is 12.4 Å². The molecule has 3 aliphatic heterocycles. The number of aliphatic hydroxyl groups is 1. The molecule has 0 spiro atoms. The van der Waals surface area contributed by atoms with Crippen LogP contribution in [-0.4, -0.2) is 38.6 Å². The number of halogens is 1. The monoisotopic (exact) mass is 503 g/mol. The summed E-state index contributed by atoms with van der Waals surface area (Å²) >= 11 is 0. The predicted octanol–water partition coefficient (Wildman–Crippen LogP) is 3.78. The Hall–Kier alpha value is -3.10. The number of rotatable bonds is 2. The smallest absolute Gasteiger partial charge is 0.343 e. The number of carbonyl (C=O) groups excluding carboxylic acids is 1. The minimum atomic E-state index is -1.88. The summed E-state index contributed by atoms with van der Waals surface area (Å²) in [6, 6.07) is 3.26. The summed E-state index contributed by atoms with van der Waals surface area (Å²) < 4.78 is 22.0. The van der Waals surface area contributed by atoms with E-state index in [1.807, 2.05) is 6.92 Å². The van der Waals surface area contributed by atoms with Gasteiger partial charge in [0.25, 0.3) is 5.56 Å². The van der Waals surface area contributed by atoms with Gasteiger partial charge >= 0.3 is 5.97 Å². The van der Waals surface area contributed by atoms with E-state index in [0.717, 1.165) is 60.8 Å². The van der Waals surface area contributed by atoms with Gasteiger partial charge < -0.3 is 14.4 Å². The quantitative estimate of drug-likeness (QED) is 0.419. The van der Waals surface area contributed by atoms with E-state index in [1.165, 1.54) is 6.07 Å². The van der Waals surface area contributed by atoms with Crippen molar-refractivity contribution in [2.45, 2.75) is 77.2 Å². The zero-order chi connectivity index (χ0) is 25.9. The van der Waals surface area contributed by atoms with Crippen LogP contribution in [0.4, 0.5) is 4.39 Å². The first-order valence-corrected chi connectivity index (χ1v) is 13.3. The molecule has 8 heteroatoms. The number of fused-ring (bicyclic) bond motifs is 5. The number of hydrogen-bond donors (Lipinski definition) is 1. The first-order chi connectivity index (χ1) is 17.7. The van der Waals surface area contributed by atoms with Gasteiger partial charge in [0.2, 0.25) is 0 Å². The van der Waals surface area contributed by atoms with Crippen molar-refractivity contribution in [2.75, 3.05) is 13.1 Å². The second kappa shape index (κ2) is 7.48. The Morgan fingerprint density at radius 3 is 2.65 bits per heavy atom. The Kier molecular flexibility index (Phi) is 4.66. The molecule has 37 heavy (non-hydrogen) atoms. The number of benzene rings is 1. The molecule has 0 amide bonds. The largest absolute Gasteiger partial charge is 0.458 e. The van der Waals surface area contributed by atoms with E-state index in [0.29, 0.717) is 40.1 Å². The molecule has 7 rings (SSSR count). The van der Waals surface area contributed by atoms with E-state index in [4.69, 9.17) is 9.72 Å². The van der Waals surface area contributed by atoms with Crippen LogP contribution in [0.2, 0.25) is 0 Å². The molecule has 1 saturated heterocycles. The van der Waals surface area contributed by atoms with Gasteiger partial charge in [-0.15, -0.1) is 0 Å². The number of cyclic esters (lactones) is 1. The van der Waals surface area contributed by atoms with E-state index in [1.54, 1.807) is 17.6 Å². The lowest BCUT2D eigenvalue weighted by Gasteiger charge is -2.44. The third kappa shape index (κ3) is 2.80. The number of carbonyl (C=O) groups is 1. The van der Waals surface area contributed by atoms with Crippen molar-refractivity contribution >= 4 is 16.9 Å². The summed E-state index contributed by atoms with van der Waals surface area (Å²) in [7, 11) is 0. The van der Waals surface area contributed by atoms with Crippen LogP contribution in [0, 0.1) is 12.7 Å². The highest BCUT2D eigenvalue weighted by Crippen LogP contribution is 2.50. The lowest BCUT2D eigenvalue weighted by molar-refractivity contribution is -0.172. The van der Waals surface area contributed by atoms with Crippen LogP contribution in [-0.2, 0) is 40.2 Å². The predicted molar refractivity (Wildman–Crippen MR) is 136 cm³/mol. The van der Waals surface area contributed by atoms with Crippen molar-refractivity contribution in [3.05, 3.63) is 61.7 Å². The molecular weight excluding hydrogens is 473 g/mol. The Morgan fingerprint density at radius 2 is 1.92 bits per heavy atom. The number of nitrogens with zero attached hydrogens (tertiary/aromatic N) is 3. The van der Waals surface area contributed by atoms with Crippen LogP contribution in [0.15, 0.2) is 16.9 Å². The standard InChI is InChI=1S/C29H30FN3O4/c1-4-29(36)19-11-22-25-17(13-33(22)26(34)18(19)14-37-27(29)35)24-23-16(15(2)20(30)12-21(23)31-25)7-8-28(24,3)32-9-5-6-10-32/h11-12,36H,4-10,13-14H2,1-3H3/t28-,29+/m1/s1. The molecule has 1 aromatic carbocycles. The van der Waals surface area contributed by atoms with Crippen molar-refractivity contribution in [1.82, 2.24) is 14.5 Å². The second-order valence-corrected chi connectivity index (χ2v) is 11.2. The summed E-state index contributed by atoms with van der Waals surface area (Å²) in [5.41, 5.74) is 3.82. The van der Waals surface area contributed by atoms with E-state index >= 15 is 4.39 Å². The van der Waals surface area contributed by atoms with Gasteiger partial charge in [0.05, 0.1) is 29.0 Å². The molecule has 5 heterocycles. The third-order valence-corrected chi connectivity index (χ3v) is 9.51. The third-order valence-electron chi connectivity index (χ3n) is 9.51. The zero-order valence-electron chi connectivity index (χ0n) is 21.4. The van der Waals surface area contributed by atoms with Crippen molar-refractivity contribution in [3.8, 4) is 11.4 Å². The lowest BCUT2D eigenvalue weighted by atomic mass is 9.73. The van der Waals surface area contributed by atoms with Crippen LogP contribution < -0.4 is 5.56 Å². The van der Waals surface area contributed by atoms with E-state index in [-0.39, 0.29) is 29.9 Å². The lowest BCUT2D eigenvalue weighted by Crippen LogP contribution is -2.45. The summed E-state index contributed by atoms with van der Waals surface area (Å²) in [5.74, 6) is -1.01. The normalized spacial score (nSPS) is 26.2. The summed E-state index contributed by atoms with van der Waals surface area (Å²) in [4.78, 5) is 33.8. The highest BCUT2D eigenvalue weighted by Gasteiger charge is 2.47. The number of pyridine rings is 2. The van der Waals surface area contributed by atoms with E-state index < -0.39 is 11.6 Å². The number of ether oxygens (including phenoxy) is 1. The molecule has 4 aliphatic rings. The minimum Gasteiger partial charge on any atom is -0.458 e. The van der Waals surface area contributed by atoms with Crippen molar-refractivity contribution in [3.63, 3.8) is 0 Å². The Morgan fingerprint density at radius 1 is 1.16 bits per heavy atom. The Bertz CT molecular complexity index is 1610. The van der Waals surface area contributed by atoms with Gasteiger partial charge in [-0.2, -0.15) is 0 Å². The molecule has 0 unspecified atom stereocenters. The van der Waals surface area contributed by atoms with Crippen LogP contribution >= 0.6 is 0 Å². The maximum absolute atomic E-state index is 15.1. The van der Waals surface area contributed by atoms with E-state index in [2.05, 4.69) is 11.8 Å². The molecule has 1 fully saturated rings. The molecule has 0 radical (unpaired) electrons. The molecule has 2 atom stereocenters. The highest BCUT2D eigenvalue weighted by molar-refractivity contribution is 5.93. The van der Waals surface area contributed by atoms with Crippen LogP contribution in [0.25, 0.3) is 22.3 Å². The summed E-state index contributed by atoms with van der Waals surface area (Å²) in [6.45, 7) is 8.04. The fourth-order valence-corrected chi connectivity index (χ4v) is 7.31. The molecule has 0 bridgehead atoms. The van der Waals surface area contributed by atoms with Crippen molar-refractivity contribution in [1.29, 1.82) is 0 Å². The van der Waals surface area contributed by atoms with Crippen LogP contribution in [0.5, 0.6) is 0 Å². The maximum atomic E-state index is 15.1. The number of aromatic nitrogens is 2. The van der Waals surface area contributed by atoms with Gasteiger partial charge in [-0.3, -0.25) is 9.69 Å². The van der Waals surface area contributed by atoms with E-state index in [9.17, 15) is 14.7 Å². The first kappa shape index (κ1) is 23.0. The van der Waals surface area contributed by atoms with Crippen molar-refractivity contribution < 1.29 is 19.0 Å². The minimum absolute atomic E-state index is 0.0891. The molecule has 1 N–H and O–H groups in total. The molecule has 0 saturated carbocycles. The molecule has 192 valence electrons. The summed E-state index contributed by atoms with van der Waals surface area (Å²) in [6.07, 6.45) is 4.04. The average Bonchev–Trinajstić information content (AvgIpc) is 3.55. The number of hydrogen-bond acceptors (Lipinski definition) is 6. The topological polar surface area (TPSA) is 84.7 Å². The number of aryl methyl sites for hydroxylation is 1. The van der Waals surface area contributed by atoms with Gasteiger partial charge in [0.15, 0.2) is 5.60 Å². The molecule has 3 aromatic rings. The zero-order valence-corrected chi connectivity index (χ0v) is 21.4. The highest BCUT2D eigenvalue weighted by atomic mass is 19.1. The van der Waals surface area contributed by atoms with Gasteiger partial charge in [-0.25, -0.2) is 14.2 Å². The van der Waals surface area contributed by atoms with Crippen LogP contribution in [0.3, 0.4) is 0 Å². The maximum Gasteiger partial charge on any atom is 0.343 e. The summed E-state index contributed by atoms with van der Waals surface area (Å²) in [5, 5.41) is 12.2. The molecule has 2 aromatic heterocycles. The Labute approximate surface area is 213 Å². The Balaban J connectivity index is 1.56. The van der Waals surface area contributed by atoms with Crippen LogP contribution in [0.1, 0.15) is 72.9 Å². The SMILES string of the molecule is CC[C@@]1(O)C(=O)OCc2c1cc1n(c2=O)Cc2c-1nc1cc(F)c(C)c3c1c2[C@](C)(N1CCCC1)CC3. The number of esters is 1. The van der Waals surface area contributed by atoms with Gasteiger partial charge in [-0.1, -0.05) is 6.92 Å². The van der Waals surface area contributed by atoms with Gasteiger partial charge in [-0.05, 0) is 81.8 Å². The average molecular weight is 504 g/mol. The fraction of sp³-hybridized carbons (Fsp3) is 0.483. The fourth-order valence-electron chi connectivity index (χ4n) is 7.31. The second-order valence-electron chi connectivity index (χ2n) is 11.2.